The number of benzene rings is 1. The summed E-state index contributed by atoms with van der Waals surface area (Å²) in [5, 5.41) is 4.49. The van der Waals surface area contributed by atoms with Crippen molar-refractivity contribution in [2.75, 3.05) is 39.8 Å². The molecule has 1 aromatic rings. The third-order valence-electron chi connectivity index (χ3n) is 5.02. The SMILES string of the molecule is CC(NC(N)=NCC(C(C)C)N1CCN(C)CC1)c1ccc(Cl)cc1Cl.I. The van der Waals surface area contributed by atoms with Crippen molar-refractivity contribution in [2.24, 2.45) is 16.6 Å². The highest BCUT2D eigenvalue weighted by Gasteiger charge is 2.24. The summed E-state index contributed by atoms with van der Waals surface area (Å²) >= 11 is 12.2. The molecule has 0 saturated carbocycles. The Kier molecular flexibility index (Phi) is 10.7. The predicted molar refractivity (Wildman–Crippen MR) is 128 cm³/mol. The lowest BCUT2D eigenvalue weighted by Gasteiger charge is -2.39. The summed E-state index contributed by atoms with van der Waals surface area (Å²) in [4.78, 5) is 9.51. The maximum absolute atomic E-state index is 6.27. The predicted octanol–water partition coefficient (Wildman–Crippen LogP) is 3.85. The van der Waals surface area contributed by atoms with Crippen molar-refractivity contribution >= 4 is 53.1 Å². The van der Waals surface area contributed by atoms with Gasteiger partial charge in [-0.25, -0.2) is 0 Å². The van der Waals surface area contributed by atoms with Crippen LogP contribution in [0.5, 0.6) is 0 Å². The van der Waals surface area contributed by atoms with Gasteiger partial charge in [0.05, 0.1) is 12.6 Å². The van der Waals surface area contributed by atoms with Crippen LogP contribution in [-0.2, 0) is 0 Å². The third-order valence-corrected chi connectivity index (χ3v) is 5.58. The van der Waals surface area contributed by atoms with E-state index in [2.05, 4.69) is 41.0 Å². The molecule has 0 bridgehead atoms. The molecule has 0 aliphatic carbocycles. The summed E-state index contributed by atoms with van der Waals surface area (Å²) in [5.74, 6) is 0.974. The molecule has 27 heavy (non-hydrogen) atoms. The van der Waals surface area contributed by atoms with E-state index in [1.807, 2.05) is 19.1 Å². The molecule has 0 radical (unpaired) electrons. The molecule has 1 fully saturated rings. The quantitative estimate of drug-likeness (QED) is 0.335. The van der Waals surface area contributed by atoms with Crippen LogP contribution in [0.25, 0.3) is 0 Å². The maximum Gasteiger partial charge on any atom is 0.189 e. The fraction of sp³-hybridized carbons (Fsp3) is 0.632. The van der Waals surface area contributed by atoms with Crippen molar-refractivity contribution in [3.05, 3.63) is 33.8 Å². The van der Waals surface area contributed by atoms with Crippen LogP contribution in [0, 0.1) is 5.92 Å². The second-order valence-electron chi connectivity index (χ2n) is 7.41. The van der Waals surface area contributed by atoms with Gasteiger partial charge in [0, 0.05) is 42.3 Å². The van der Waals surface area contributed by atoms with Crippen LogP contribution in [0.1, 0.15) is 32.4 Å². The Bertz CT molecular complexity index is 618. The Morgan fingerprint density at radius 2 is 1.81 bits per heavy atom. The van der Waals surface area contributed by atoms with Crippen LogP contribution in [-0.4, -0.2) is 61.6 Å². The van der Waals surface area contributed by atoms with Gasteiger partial charge < -0.3 is 16.0 Å². The van der Waals surface area contributed by atoms with Crippen LogP contribution in [0.2, 0.25) is 10.0 Å². The van der Waals surface area contributed by atoms with Crippen molar-refractivity contribution in [1.82, 2.24) is 15.1 Å². The van der Waals surface area contributed by atoms with Gasteiger partial charge in [-0.3, -0.25) is 9.89 Å². The second-order valence-corrected chi connectivity index (χ2v) is 8.25. The summed E-state index contributed by atoms with van der Waals surface area (Å²) in [6, 6.07) is 5.85. The van der Waals surface area contributed by atoms with E-state index >= 15 is 0 Å². The minimum absolute atomic E-state index is 0. The summed E-state index contributed by atoms with van der Waals surface area (Å²) in [6.07, 6.45) is 0. The number of nitrogens with two attached hydrogens (primary N) is 1. The average Bonchev–Trinajstić information content (AvgIpc) is 2.56. The Morgan fingerprint density at radius 3 is 2.37 bits per heavy atom. The minimum atomic E-state index is -0.0374. The van der Waals surface area contributed by atoms with Gasteiger partial charge in [-0.1, -0.05) is 43.1 Å². The van der Waals surface area contributed by atoms with Crippen molar-refractivity contribution in [1.29, 1.82) is 0 Å². The third kappa shape index (κ3) is 7.57. The first-order valence-electron chi connectivity index (χ1n) is 9.22. The van der Waals surface area contributed by atoms with E-state index in [-0.39, 0.29) is 30.0 Å². The van der Waals surface area contributed by atoms with Gasteiger partial charge >= 0.3 is 0 Å². The first-order valence-corrected chi connectivity index (χ1v) is 9.97. The summed E-state index contributed by atoms with van der Waals surface area (Å²) in [6.45, 7) is 11.6. The van der Waals surface area contributed by atoms with E-state index < -0.39 is 0 Å². The zero-order valence-corrected chi connectivity index (χ0v) is 20.4. The molecule has 0 spiro atoms. The van der Waals surface area contributed by atoms with Crippen LogP contribution in [0.15, 0.2) is 23.2 Å². The normalized spacial score (nSPS) is 18.9. The van der Waals surface area contributed by atoms with Gasteiger partial charge in [-0.05, 0) is 37.6 Å². The minimum Gasteiger partial charge on any atom is -0.370 e. The van der Waals surface area contributed by atoms with E-state index in [4.69, 9.17) is 28.9 Å². The van der Waals surface area contributed by atoms with Crippen molar-refractivity contribution in [3.8, 4) is 0 Å². The molecule has 2 rings (SSSR count). The van der Waals surface area contributed by atoms with Gasteiger partial charge in [0.1, 0.15) is 0 Å². The monoisotopic (exact) mass is 527 g/mol. The number of halogens is 3. The first kappa shape index (κ1) is 24.8. The Balaban J connectivity index is 0.00000364. The van der Waals surface area contributed by atoms with Crippen molar-refractivity contribution in [3.63, 3.8) is 0 Å². The molecule has 0 amide bonds. The van der Waals surface area contributed by atoms with Crippen molar-refractivity contribution < 1.29 is 0 Å². The molecule has 3 N–H and O–H groups in total. The molecule has 1 aliphatic heterocycles. The fourth-order valence-corrected chi connectivity index (χ4v) is 3.86. The number of likely N-dealkylation sites (N-methyl/N-ethyl adjacent to an activating group) is 1. The Hall–Kier alpha value is -0.280. The first-order chi connectivity index (χ1) is 12.3. The van der Waals surface area contributed by atoms with Crippen molar-refractivity contribution in [2.45, 2.75) is 32.9 Å². The second kappa shape index (κ2) is 11.7. The highest BCUT2D eigenvalue weighted by atomic mass is 127. The number of aliphatic imine (C=N–C) groups is 1. The molecule has 8 heteroatoms. The summed E-state index contributed by atoms with van der Waals surface area (Å²) < 4.78 is 0. The van der Waals surface area contributed by atoms with Gasteiger partial charge in [0.25, 0.3) is 0 Å². The molecule has 0 aromatic heterocycles. The molecular formula is C19H32Cl2IN5. The van der Waals surface area contributed by atoms with E-state index in [0.717, 1.165) is 31.7 Å². The van der Waals surface area contributed by atoms with Crippen LogP contribution in [0.4, 0.5) is 0 Å². The summed E-state index contributed by atoms with van der Waals surface area (Å²) in [5.41, 5.74) is 7.09. The molecule has 154 valence electrons. The lowest BCUT2D eigenvalue weighted by molar-refractivity contribution is 0.0925. The number of piperazine rings is 1. The molecule has 1 aromatic carbocycles. The van der Waals surface area contributed by atoms with E-state index in [0.29, 0.717) is 34.5 Å². The lowest BCUT2D eigenvalue weighted by Crippen LogP contribution is -2.52. The number of nitrogens with zero attached hydrogens (tertiary/aromatic N) is 3. The molecule has 1 aliphatic rings. The van der Waals surface area contributed by atoms with Crippen LogP contribution >= 0.6 is 47.2 Å². The van der Waals surface area contributed by atoms with E-state index in [9.17, 15) is 0 Å². The van der Waals surface area contributed by atoms with Crippen LogP contribution < -0.4 is 11.1 Å². The summed E-state index contributed by atoms with van der Waals surface area (Å²) in [7, 11) is 2.17. The van der Waals surface area contributed by atoms with Gasteiger partial charge in [0.15, 0.2) is 5.96 Å². The standard InChI is InChI=1S/C19H31Cl2N5.HI/c1-13(2)18(26-9-7-25(4)8-10-26)12-23-19(22)24-14(3)16-6-5-15(20)11-17(16)21;/h5-6,11,13-14,18H,7-10,12H2,1-4H3,(H3,22,23,24);1H. The number of nitrogens with one attached hydrogen (secondary N) is 1. The lowest BCUT2D eigenvalue weighted by atomic mass is 10.0. The molecule has 2 atom stereocenters. The zero-order chi connectivity index (χ0) is 19.3. The average molecular weight is 528 g/mol. The fourth-order valence-electron chi connectivity index (χ4n) is 3.29. The van der Waals surface area contributed by atoms with Gasteiger partial charge in [0.2, 0.25) is 0 Å². The van der Waals surface area contributed by atoms with E-state index in [1.165, 1.54) is 0 Å². The smallest absolute Gasteiger partial charge is 0.189 e. The number of rotatable bonds is 6. The van der Waals surface area contributed by atoms with E-state index in [1.54, 1.807) is 6.07 Å². The largest absolute Gasteiger partial charge is 0.370 e. The molecular weight excluding hydrogens is 496 g/mol. The number of hydrogen-bond donors (Lipinski definition) is 2. The molecule has 1 heterocycles. The van der Waals surface area contributed by atoms with Crippen LogP contribution in [0.3, 0.4) is 0 Å². The maximum atomic E-state index is 6.27. The van der Waals surface area contributed by atoms with Gasteiger partial charge in [-0.2, -0.15) is 0 Å². The highest BCUT2D eigenvalue weighted by molar-refractivity contribution is 14.0. The number of hydrogen-bond acceptors (Lipinski definition) is 3. The molecule has 1 saturated heterocycles. The Morgan fingerprint density at radius 1 is 1.19 bits per heavy atom. The zero-order valence-electron chi connectivity index (χ0n) is 16.6. The molecule has 2 unspecified atom stereocenters. The highest BCUT2D eigenvalue weighted by Crippen LogP contribution is 2.26. The van der Waals surface area contributed by atoms with Gasteiger partial charge in [-0.15, -0.1) is 24.0 Å². The molecule has 5 nitrogen and oxygen atoms in total. The topological polar surface area (TPSA) is 56.9 Å². The number of guanidine groups is 1. The Labute approximate surface area is 190 Å².